The fraction of sp³-hybridized carbons (Fsp3) is 0. The summed E-state index contributed by atoms with van der Waals surface area (Å²) in [5.74, 6) is 0. The first kappa shape index (κ1) is 30.4. The predicted octanol–water partition coefficient (Wildman–Crippen LogP) is -6.95. The molecule has 0 aliphatic heterocycles. The van der Waals surface area contributed by atoms with E-state index in [0.717, 1.165) is 0 Å². The summed E-state index contributed by atoms with van der Waals surface area (Å²) in [5, 5.41) is 0. The molecule has 0 spiro atoms. The van der Waals surface area contributed by atoms with Crippen LogP contribution < -0.4 is 48.4 Å². The van der Waals surface area contributed by atoms with Crippen LogP contribution in [0.3, 0.4) is 0 Å². The Balaban J connectivity index is 0. The van der Waals surface area contributed by atoms with Crippen molar-refractivity contribution in [3.8, 4) is 0 Å². The molecular weight excluding hydrogens is 116 g/mol. The van der Waals surface area contributed by atoms with Crippen molar-refractivity contribution in [2.45, 2.75) is 0 Å². The molecule has 0 radical (unpaired) electrons. The van der Waals surface area contributed by atoms with E-state index in [-0.39, 0.29) is 85.1 Å². The molecule has 0 aliphatic carbocycles. The Morgan fingerprint density at radius 1 is 1.25 bits per heavy atom. The molecule has 0 N–H and O–H groups in total. The summed E-state index contributed by atoms with van der Waals surface area (Å²) in [7, 11) is 0. The van der Waals surface area contributed by atoms with Crippen molar-refractivity contribution >= 4 is 17.4 Å². The Bertz CT molecular complexity index is 13.5. The Morgan fingerprint density at radius 3 is 1.25 bits per heavy atom. The zero-order chi connectivity index (χ0) is 0. The normalized spacial score (nSPS) is 0. The zero-order valence-electron chi connectivity index (χ0n) is 4.32. The maximum Gasteiger partial charge on any atom is 1.00 e. The summed E-state index contributed by atoms with van der Waals surface area (Å²) >= 11 is 0. The van der Waals surface area contributed by atoms with Crippen molar-refractivity contribution in [1.29, 1.82) is 0 Å². The Labute approximate surface area is 84.0 Å². The maximum atomic E-state index is 0. The van der Waals surface area contributed by atoms with Crippen LogP contribution in [-0.4, -0.2) is 17.4 Å². The van der Waals surface area contributed by atoms with E-state index in [0.29, 0.717) is 0 Å². The third-order valence-corrected chi connectivity index (χ3v) is 0. The monoisotopic (exact) mass is 120 g/mol. The van der Waals surface area contributed by atoms with Gasteiger partial charge in [-0.2, -0.15) is 0 Å². The van der Waals surface area contributed by atoms with E-state index in [2.05, 4.69) is 0 Å². The average Bonchev–Trinajstić information content (AvgIpc) is 0. The SMILES string of the molecule is [AlH3].[H-].[H-].[Li+].[Na+].[Ni]. The first-order chi connectivity index (χ1) is 0. The van der Waals surface area contributed by atoms with Gasteiger partial charge in [0.1, 0.15) is 0 Å². The standard InChI is InChI=1S/Al.Li.Na.Ni.5H/q;2*+1;;;;;2*-1. The van der Waals surface area contributed by atoms with Crippen LogP contribution in [0, 0.1) is 0 Å². The summed E-state index contributed by atoms with van der Waals surface area (Å²) in [6, 6.07) is 0. The molecule has 0 aromatic heterocycles. The summed E-state index contributed by atoms with van der Waals surface area (Å²) in [6.45, 7) is 0. The molecule has 0 aromatic carbocycles. The quantitative estimate of drug-likeness (QED) is 0.279. The van der Waals surface area contributed by atoms with Crippen LogP contribution >= 0.6 is 0 Å². The second-order valence-corrected chi connectivity index (χ2v) is 0. The van der Waals surface area contributed by atoms with Gasteiger partial charge in [0.2, 0.25) is 0 Å². The number of hydrogen-bond donors (Lipinski definition) is 0. The molecule has 0 heterocycles. The van der Waals surface area contributed by atoms with Gasteiger partial charge in [-0.15, -0.1) is 0 Å². The van der Waals surface area contributed by atoms with E-state index in [4.69, 9.17) is 0 Å². The largest absolute Gasteiger partial charge is 1.00 e. The molecule has 4 heteroatoms. The van der Waals surface area contributed by atoms with E-state index in [9.17, 15) is 0 Å². The van der Waals surface area contributed by atoms with Gasteiger partial charge in [-0.25, -0.2) is 0 Å². The van der Waals surface area contributed by atoms with E-state index >= 15 is 0 Å². The third-order valence-electron chi connectivity index (χ3n) is 0. The molecule has 0 amide bonds. The third kappa shape index (κ3) is 8.82. The second kappa shape index (κ2) is 17.5. The second-order valence-electron chi connectivity index (χ2n) is 0. The van der Waals surface area contributed by atoms with Gasteiger partial charge in [0.05, 0.1) is 0 Å². The van der Waals surface area contributed by atoms with Gasteiger partial charge < -0.3 is 2.85 Å². The van der Waals surface area contributed by atoms with Crippen LogP contribution in [-0.2, 0) is 16.5 Å². The first-order valence-electron chi connectivity index (χ1n) is 0. The Morgan fingerprint density at radius 2 is 1.25 bits per heavy atom. The molecule has 0 saturated heterocycles. The Kier molecular flexibility index (Phi) is 133. The maximum absolute atomic E-state index is 0. The van der Waals surface area contributed by atoms with Crippen LogP contribution in [0.15, 0.2) is 0 Å². The number of hydrogen-bond acceptors (Lipinski definition) is 0. The van der Waals surface area contributed by atoms with Gasteiger partial charge in [-0.05, 0) is 0 Å². The molecular formula is H5AlLiNaNi. The van der Waals surface area contributed by atoms with Crippen LogP contribution in [0.5, 0.6) is 0 Å². The van der Waals surface area contributed by atoms with E-state index in [1.165, 1.54) is 0 Å². The van der Waals surface area contributed by atoms with Crippen LogP contribution in [0.1, 0.15) is 2.85 Å². The van der Waals surface area contributed by atoms with Gasteiger partial charge in [0, 0.05) is 16.5 Å². The minimum Gasteiger partial charge on any atom is -1.00 e. The summed E-state index contributed by atoms with van der Waals surface area (Å²) in [6.07, 6.45) is 0. The van der Waals surface area contributed by atoms with Gasteiger partial charge in [0.15, 0.2) is 17.4 Å². The summed E-state index contributed by atoms with van der Waals surface area (Å²) in [4.78, 5) is 0. The zero-order valence-corrected chi connectivity index (χ0v) is 5.30. The molecule has 4 heavy (non-hydrogen) atoms. The van der Waals surface area contributed by atoms with Crippen LogP contribution in [0.4, 0.5) is 0 Å². The van der Waals surface area contributed by atoms with Crippen molar-refractivity contribution in [3.05, 3.63) is 0 Å². The topological polar surface area (TPSA) is 0 Å². The molecule has 0 aromatic rings. The molecule has 20 valence electrons. The summed E-state index contributed by atoms with van der Waals surface area (Å²) < 4.78 is 0. The van der Waals surface area contributed by atoms with Gasteiger partial charge in [-0.3, -0.25) is 0 Å². The van der Waals surface area contributed by atoms with Crippen molar-refractivity contribution in [2.24, 2.45) is 0 Å². The van der Waals surface area contributed by atoms with E-state index in [1.807, 2.05) is 0 Å². The molecule has 0 unspecified atom stereocenters. The molecule has 0 rings (SSSR count). The van der Waals surface area contributed by atoms with Crippen molar-refractivity contribution in [3.63, 3.8) is 0 Å². The van der Waals surface area contributed by atoms with E-state index in [1.54, 1.807) is 0 Å². The van der Waals surface area contributed by atoms with Gasteiger partial charge >= 0.3 is 48.4 Å². The summed E-state index contributed by atoms with van der Waals surface area (Å²) in [5.41, 5.74) is 0. The molecule has 0 atom stereocenters. The fourth-order valence-electron chi connectivity index (χ4n) is 0. The molecule has 0 saturated carbocycles. The molecule has 0 aliphatic rings. The Hall–Kier alpha value is 2.62. The van der Waals surface area contributed by atoms with Gasteiger partial charge in [0.25, 0.3) is 0 Å². The minimum absolute atomic E-state index is 0. The number of rotatable bonds is 0. The van der Waals surface area contributed by atoms with Crippen molar-refractivity contribution in [2.75, 3.05) is 0 Å². The first-order valence-corrected chi connectivity index (χ1v) is 0. The molecule has 0 bridgehead atoms. The minimum atomic E-state index is 0. The smallest absolute Gasteiger partial charge is 1.00 e. The predicted molar refractivity (Wildman–Crippen MR) is 12.2 cm³/mol. The van der Waals surface area contributed by atoms with E-state index < -0.39 is 0 Å². The van der Waals surface area contributed by atoms with Crippen molar-refractivity contribution in [1.82, 2.24) is 0 Å². The van der Waals surface area contributed by atoms with Crippen molar-refractivity contribution < 1.29 is 67.8 Å². The molecule has 0 nitrogen and oxygen atoms in total. The van der Waals surface area contributed by atoms with Crippen LogP contribution in [0.2, 0.25) is 0 Å². The van der Waals surface area contributed by atoms with Gasteiger partial charge in [-0.1, -0.05) is 0 Å². The van der Waals surface area contributed by atoms with Crippen LogP contribution in [0.25, 0.3) is 0 Å². The molecule has 0 fully saturated rings. The fourth-order valence-corrected chi connectivity index (χ4v) is 0. The average molecular weight is 121 g/mol.